The first-order valence-corrected chi connectivity index (χ1v) is 10.7. The van der Waals surface area contributed by atoms with E-state index in [0.717, 1.165) is 50.2 Å². The fourth-order valence-electron chi connectivity index (χ4n) is 4.62. The summed E-state index contributed by atoms with van der Waals surface area (Å²) in [4.78, 5) is 29.6. The van der Waals surface area contributed by atoms with E-state index in [0.29, 0.717) is 12.2 Å². The lowest BCUT2D eigenvalue weighted by atomic mass is 9.86. The summed E-state index contributed by atoms with van der Waals surface area (Å²) in [5.74, 6) is 0.0929. The van der Waals surface area contributed by atoms with E-state index in [1.807, 2.05) is 28.9 Å². The summed E-state index contributed by atoms with van der Waals surface area (Å²) in [5, 5.41) is 6.94. The normalized spacial score (nSPS) is 21.3. The molecule has 4 rings (SSSR count). The van der Waals surface area contributed by atoms with Gasteiger partial charge in [-0.3, -0.25) is 14.7 Å². The van der Waals surface area contributed by atoms with Crippen molar-refractivity contribution in [3.05, 3.63) is 52.8 Å². The highest BCUT2D eigenvalue weighted by atomic mass is 16.2. The van der Waals surface area contributed by atoms with Gasteiger partial charge in [-0.1, -0.05) is 25.5 Å². The van der Waals surface area contributed by atoms with Crippen LogP contribution in [0.2, 0.25) is 0 Å². The van der Waals surface area contributed by atoms with Gasteiger partial charge in [0.2, 0.25) is 0 Å². The van der Waals surface area contributed by atoms with Crippen molar-refractivity contribution in [2.75, 3.05) is 26.2 Å². The van der Waals surface area contributed by atoms with Gasteiger partial charge in [-0.2, -0.15) is 5.10 Å². The average Bonchev–Trinajstić information content (AvgIpc) is 3.47. The molecule has 1 N–H and O–H groups in total. The molecule has 29 heavy (non-hydrogen) atoms. The number of benzene rings is 1. The van der Waals surface area contributed by atoms with Gasteiger partial charge in [0, 0.05) is 42.9 Å². The minimum atomic E-state index is -0.0151. The Balaban J connectivity index is 1.37. The van der Waals surface area contributed by atoms with Gasteiger partial charge in [-0.05, 0) is 56.4 Å². The molecule has 2 aromatic rings. The third kappa shape index (κ3) is 4.07. The highest BCUT2D eigenvalue weighted by Gasteiger charge is 2.46. The Bertz CT molecular complexity index is 889. The molecule has 6 nitrogen and oxygen atoms in total. The molecule has 1 atom stereocenters. The maximum Gasteiger partial charge on any atom is 0.274 e. The molecule has 154 valence electrons. The van der Waals surface area contributed by atoms with Crippen molar-refractivity contribution >= 4 is 11.8 Å². The van der Waals surface area contributed by atoms with E-state index in [-0.39, 0.29) is 17.2 Å². The number of hydrogen-bond donors (Lipinski definition) is 1. The first-order valence-electron chi connectivity index (χ1n) is 10.7. The topological polar surface area (TPSA) is 69.3 Å². The number of aromatic nitrogens is 2. The molecule has 1 aromatic heterocycles. The number of rotatable bonds is 5. The number of H-pyrrole nitrogens is 1. The number of amides is 2. The molecule has 0 radical (unpaired) electrons. The van der Waals surface area contributed by atoms with E-state index < -0.39 is 0 Å². The third-order valence-electron chi connectivity index (χ3n) is 6.40. The zero-order valence-electron chi connectivity index (χ0n) is 17.4. The fraction of sp³-hybridized carbons (Fsp3) is 0.522. The Morgan fingerprint density at radius 2 is 1.72 bits per heavy atom. The zero-order chi connectivity index (χ0) is 20.4. The largest absolute Gasteiger partial charge is 0.338 e. The molecular weight excluding hydrogens is 364 g/mol. The maximum atomic E-state index is 13.0. The Labute approximate surface area is 172 Å². The molecule has 3 heterocycles. The number of unbranched alkanes of at least 4 members (excludes halogenated alkanes) is 1. The van der Waals surface area contributed by atoms with Gasteiger partial charge in [-0.25, -0.2) is 0 Å². The molecule has 1 spiro atoms. The molecular formula is C23H30N4O2. The second kappa shape index (κ2) is 8.01. The summed E-state index contributed by atoms with van der Waals surface area (Å²) in [6.45, 7) is 7.02. The van der Waals surface area contributed by atoms with Crippen LogP contribution in [-0.2, 0) is 6.42 Å². The average molecular weight is 395 g/mol. The van der Waals surface area contributed by atoms with Gasteiger partial charge < -0.3 is 9.80 Å². The van der Waals surface area contributed by atoms with Crippen LogP contribution in [0.25, 0.3) is 0 Å². The van der Waals surface area contributed by atoms with E-state index in [2.05, 4.69) is 29.3 Å². The summed E-state index contributed by atoms with van der Waals surface area (Å²) in [5.41, 5.74) is 3.45. The van der Waals surface area contributed by atoms with Crippen molar-refractivity contribution in [1.29, 1.82) is 0 Å². The van der Waals surface area contributed by atoms with Crippen molar-refractivity contribution in [2.45, 2.75) is 46.0 Å². The van der Waals surface area contributed by atoms with Crippen LogP contribution in [-0.4, -0.2) is 58.0 Å². The highest BCUT2D eigenvalue weighted by molar-refractivity contribution is 5.94. The van der Waals surface area contributed by atoms with Gasteiger partial charge >= 0.3 is 0 Å². The van der Waals surface area contributed by atoms with Gasteiger partial charge in [0.1, 0.15) is 5.69 Å². The van der Waals surface area contributed by atoms with Crippen molar-refractivity contribution in [3.63, 3.8) is 0 Å². The van der Waals surface area contributed by atoms with E-state index in [1.54, 1.807) is 6.07 Å². The third-order valence-corrected chi connectivity index (χ3v) is 6.40. The minimum absolute atomic E-state index is 0.0151. The van der Waals surface area contributed by atoms with Crippen LogP contribution in [0.4, 0.5) is 0 Å². The van der Waals surface area contributed by atoms with Gasteiger partial charge in [0.25, 0.3) is 11.8 Å². The summed E-state index contributed by atoms with van der Waals surface area (Å²) in [6, 6.07) is 9.88. The van der Waals surface area contributed by atoms with Crippen LogP contribution in [0.3, 0.4) is 0 Å². The molecule has 2 aliphatic heterocycles. The summed E-state index contributed by atoms with van der Waals surface area (Å²) in [6.07, 6.45) is 5.32. The van der Waals surface area contributed by atoms with Gasteiger partial charge in [0.15, 0.2) is 0 Å². The first kappa shape index (κ1) is 19.7. The lowest BCUT2D eigenvalue weighted by Crippen LogP contribution is -2.35. The SMILES string of the molecule is CCCCc1ccc(C(=O)N2CCC3(CCN(C(=O)c4cc(C)[nH]n4)C3)C2)cc1. The summed E-state index contributed by atoms with van der Waals surface area (Å²) < 4.78 is 0. The standard InChI is InChI=1S/C23H30N4O2/c1-3-4-5-18-6-8-19(9-7-18)21(28)26-12-10-23(15-26)11-13-27(16-23)22(29)20-14-17(2)24-25-20/h6-9,14H,3-5,10-13,15-16H2,1-2H3,(H,24,25). The lowest BCUT2D eigenvalue weighted by molar-refractivity contribution is 0.0752. The predicted molar refractivity (Wildman–Crippen MR) is 112 cm³/mol. The number of aryl methyl sites for hydroxylation is 2. The number of hydrogen-bond acceptors (Lipinski definition) is 3. The summed E-state index contributed by atoms with van der Waals surface area (Å²) >= 11 is 0. The van der Waals surface area contributed by atoms with Gasteiger partial charge in [-0.15, -0.1) is 0 Å². The molecule has 1 aromatic carbocycles. The van der Waals surface area contributed by atoms with E-state index in [1.165, 1.54) is 18.4 Å². The molecule has 6 heteroatoms. The van der Waals surface area contributed by atoms with E-state index >= 15 is 0 Å². The number of aromatic amines is 1. The molecule has 2 fully saturated rings. The number of likely N-dealkylation sites (tertiary alicyclic amines) is 2. The lowest BCUT2D eigenvalue weighted by Gasteiger charge is -2.24. The molecule has 1 unspecified atom stereocenters. The fourth-order valence-corrected chi connectivity index (χ4v) is 4.62. The quantitative estimate of drug-likeness (QED) is 0.845. The maximum absolute atomic E-state index is 13.0. The van der Waals surface area contributed by atoms with Crippen molar-refractivity contribution < 1.29 is 9.59 Å². The van der Waals surface area contributed by atoms with E-state index in [4.69, 9.17) is 0 Å². The van der Waals surface area contributed by atoms with Crippen LogP contribution in [0.15, 0.2) is 30.3 Å². The Hall–Kier alpha value is -2.63. The highest BCUT2D eigenvalue weighted by Crippen LogP contribution is 2.40. The van der Waals surface area contributed by atoms with Crippen LogP contribution in [0.1, 0.15) is 64.7 Å². The Kier molecular flexibility index (Phi) is 5.43. The molecule has 0 bridgehead atoms. The second-order valence-electron chi connectivity index (χ2n) is 8.69. The van der Waals surface area contributed by atoms with Crippen molar-refractivity contribution in [2.24, 2.45) is 5.41 Å². The second-order valence-corrected chi connectivity index (χ2v) is 8.69. The number of carbonyl (C=O) groups is 2. The number of nitrogens with one attached hydrogen (secondary N) is 1. The van der Waals surface area contributed by atoms with E-state index in [9.17, 15) is 9.59 Å². The first-order chi connectivity index (χ1) is 14.0. The predicted octanol–water partition coefficient (Wildman–Crippen LogP) is 3.44. The molecule has 2 amide bonds. The van der Waals surface area contributed by atoms with Crippen LogP contribution >= 0.6 is 0 Å². The molecule has 0 aliphatic carbocycles. The monoisotopic (exact) mass is 394 g/mol. The van der Waals surface area contributed by atoms with Crippen molar-refractivity contribution in [1.82, 2.24) is 20.0 Å². The Morgan fingerprint density at radius 3 is 2.31 bits per heavy atom. The van der Waals surface area contributed by atoms with Crippen molar-refractivity contribution in [3.8, 4) is 0 Å². The van der Waals surface area contributed by atoms with Crippen LogP contribution < -0.4 is 0 Å². The van der Waals surface area contributed by atoms with Gasteiger partial charge in [0.05, 0.1) is 0 Å². The Morgan fingerprint density at radius 1 is 1.07 bits per heavy atom. The minimum Gasteiger partial charge on any atom is -0.338 e. The number of carbonyl (C=O) groups excluding carboxylic acids is 2. The number of nitrogens with zero attached hydrogens (tertiary/aromatic N) is 3. The molecule has 2 aliphatic rings. The summed E-state index contributed by atoms with van der Waals surface area (Å²) in [7, 11) is 0. The zero-order valence-corrected chi connectivity index (χ0v) is 17.4. The van der Waals surface area contributed by atoms with Crippen LogP contribution in [0.5, 0.6) is 0 Å². The molecule has 0 saturated carbocycles. The van der Waals surface area contributed by atoms with Crippen LogP contribution in [0, 0.1) is 12.3 Å². The molecule has 2 saturated heterocycles. The smallest absolute Gasteiger partial charge is 0.274 e.